The van der Waals surface area contributed by atoms with Crippen molar-refractivity contribution in [1.82, 2.24) is 14.8 Å². The van der Waals surface area contributed by atoms with Crippen molar-refractivity contribution in [3.05, 3.63) is 65.5 Å². The highest BCUT2D eigenvalue weighted by Crippen LogP contribution is 2.43. The summed E-state index contributed by atoms with van der Waals surface area (Å²) in [6, 6.07) is 13.3. The van der Waals surface area contributed by atoms with Gasteiger partial charge in [-0.3, -0.25) is 14.6 Å². The van der Waals surface area contributed by atoms with Gasteiger partial charge in [-0.15, -0.1) is 0 Å². The average molecular weight is 458 g/mol. The summed E-state index contributed by atoms with van der Waals surface area (Å²) in [4.78, 5) is 33.4. The first kappa shape index (κ1) is 22.6. The standard InChI is InChI=1S/C28H31N3O3/c32-19-25-28(22-13-11-21(12-14-22)10-9-20-6-2-1-3-7-20)24-17-30(18-27(34)31(24)25)26(33)16-23-8-4-5-15-29-23/h4-5,8,11-15,20,24-25,28,32H,1-3,6-7,16-19H2/t24-,25+,28-/m0/s1. The molecule has 0 unspecified atom stereocenters. The van der Waals surface area contributed by atoms with Gasteiger partial charge in [-0.2, -0.15) is 0 Å². The van der Waals surface area contributed by atoms with Crippen LogP contribution < -0.4 is 0 Å². The van der Waals surface area contributed by atoms with E-state index in [2.05, 4.69) is 29.0 Å². The van der Waals surface area contributed by atoms with E-state index in [0.29, 0.717) is 18.2 Å². The number of amides is 2. The van der Waals surface area contributed by atoms with Gasteiger partial charge in [-0.05, 0) is 42.7 Å². The molecule has 3 fully saturated rings. The minimum atomic E-state index is -0.246. The van der Waals surface area contributed by atoms with Crippen LogP contribution >= 0.6 is 0 Å². The van der Waals surface area contributed by atoms with Gasteiger partial charge < -0.3 is 14.9 Å². The first-order valence-corrected chi connectivity index (χ1v) is 12.4. The molecule has 1 aliphatic carbocycles. The number of aromatic nitrogens is 1. The molecule has 1 aromatic carbocycles. The molecule has 5 rings (SSSR count). The van der Waals surface area contributed by atoms with Crippen molar-refractivity contribution in [3.63, 3.8) is 0 Å². The zero-order valence-electron chi connectivity index (χ0n) is 19.4. The number of hydrogen-bond donors (Lipinski definition) is 1. The zero-order valence-corrected chi connectivity index (χ0v) is 19.4. The van der Waals surface area contributed by atoms with Gasteiger partial charge in [-0.1, -0.05) is 49.3 Å². The van der Waals surface area contributed by atoms with Crippen LogP contribution in [0.15, 0.2) is 48.7 Å². The summed E-state index contributed by atoms with van der Waals surface area (Å²) in [6.45, 7) is 0.445. The van der Waals surface area contributed by atoms with E-state index in [9.17, 15) is 14.7 Å². The number of carbonyl (C=O) groups excluding carboxylic acids is 2. The second-order valence-corrected chi connectivity index (χ2v) is 9.64. The van der Waals surface area contributed by atoms with Gasteiger partial charge in [0, 0.05) is 35.8 Å². The van der Waals surface area contributed by atoms with Gasteiger partial charge in [0.25, 0.3) is 0 Å². The third-order valence-corrected chi connectivity index (χ3v) is 7.48. The number of aliphatic hydroxyl groups is 1. The minimum Gasteiger partial charge on any atom is -0.394 e. The molecule has 0 bridgehead atoms. The number of carbonyl (C=O) groups is 2. The van der Waals surface area contributed by atoms with Crippen LogP contribution in [0.5, 0.6) is 0 Å². The van der Waals surface area contributed by atoms with Gasteiger partial charge in [0.2, 0.25) is 11.8 Å². The van der Waals surface area contributed by atoms with Crippen molar-refractivity contribution in [1.29, 1.82) is 0 Å². The molecular formula is C28H31N3O3. The first-order chi connectivity index (χ1) is 16.6. The van der Waals surface area contributed by atoms with E-state index in [0.717, 1.165) is 11.1 Å². The quantitative estimate of drug-likeness (QED) is 0.717. The van der Waals surface area contributed by atoms with E-state index >= 15 is 0 Å². The summed E-state index contributed by atoms with van der Waals surface area (Å²) in [5.41, 5.74) is 2.78. The van der Waals surface area contributed by atoms with Crippen molar-refractivity contribution in [3.8, 4) is 11.8 Å². The van der Waals surface area contributed by atoms with E-state index in [1.165, 1.54) is 32.1 Å². The second-order valence-electron chi connectivity index (χ2n) is 9.64. The van der Waals surface area contributed by atoms with Crippen LogP contribution in [-0.4, -0.2) is 63.5 Å². The molecular weight excluding hydrogens is 426 g/mol. The zero-order chi connectivity index (χ0) is 23.5. The lowest BCUT2D eigenvalue weighted by Crippen LogP contribution is -2.73. The van der Waals surface area contributed by atoms with Crippen molar-refractivity contribution >= 4 is 11.8 Å². The van der Waals surface area contributed by atoms with Crippen LogP contribution in [0, 0.1) is 17.8 Å². The number of nitrogens with zero attached hydrogens (tertiary/aromatic N) is 3. The molecule has 3 atom stereocenters. The van der Waals surface area contributed by atoms with E-state index in [1.54, 1.807) is 16.0 Å². The van der Waals surface area contributed by atoms with E-state index in [4.69, 9.17) is 0 Å². The fourth-order valence-corrected chi connectivity index (χ4v) is 5.68. The molecule has 3 heterocycles. The predicted molar refractivity (Wildman–Crippen MR) is 129 cm³/mol. The highest BCUT2D eigenvalue weighted by molar-refractivity contribution is 5.88. The molecule has 176 valence electrons. The van der Waals surface area contributed by atoms with Crippen LogP contribution in [0.25, 0.3) is 0 Å². The van der Waals surface area contributed by atoms with Crippen molar-refractivity contribution in [2.24, 2.45) is 5.92 Å². The Balaban J connectivity index is 1.28. The van der Waals surface area contributed by atoms with Crippen LogP contribution in [0.3, 0.4) is 0 Å². The Bertz CT molecular complexity index is 1080. The largest absolute Gasteiger partial charge is 0.394 e. The smallest absolute Gasteiger partial charge is 0.242 e. The highest BCUT2D eigenvalue weighted by atomic mass is 16.3. The molecule has 2 aliphatic heterocycles. The summed E-state index contributed by atoms with van der Waals surface area (Å²) in [5.74, 6) is 7.08. The van der Waals surface area contributed by atoms with Crippen LogP contribution in [-0.2, 0) is 16.0 Å². The predicted octanol–water partition coefficient (Wildman–Crippen LogP) is 2.75. The molecule has 34 heavy (non-hydrogen) atoms. The molecule has 0 radical (unpaired) electrons. The lowest BCUT2D eigenvalue weighted by atomic mass is 9.73. The molecule has 2 amide bonds. The molecule has 3 aliphatic rings. The number of pyridine rings is 1. The molecule has 1 saturated carbocycles. The van der Waals surface area contributed by atoms with Gasteiger partial charge in [0.1, 0.15) is 0 Å². The summed E-state index contributed by atoms with van der Waals surface area (Å²) < 4.78 is 0. The number of hydrogen-bond acceptors (Lipinski definition) is 4. The fraction of sp³-hybridized carbons (Fsp3) is 0.464. The van der Waals surface area contributed by atoms with Crippen LogP contribution in [0.1, 0.15) is 54.8 Å². The Morgan fingerprint density at radius 2 is 1.88 bits per heavy atom. The topological polar surface area (TPSA) is 73.7 Å². The summed E-state index contributed by atoms with van der Waals surface area (Å²) >= 11 is 0. The number of aliphatic hydroxyl groups excluding tert-OH is 1. The van der Waals surface area contributed by atoms with Gasteiger partial charge in [-0.25, -0.2) is 0 Å². The summed E-state index contributed by atoms with van der Waals surface area (Å²) in [7, 11) is 0. The van der Waals surface area contributed by atoms with E-state index < -0.39 is 0 Å². The lowest BCUT2D eigenvalue weighted by Gasteiger charge is -2.58. The number of fused-ring (bicyclic) bond motifs is 1. The van der Waals surface area contributed by atoms with Crippen LogP contribution in [0.4, 0.5) is 0 Å². The number of piperazine rings is 1. The third-order valence-electron chi connectivity index (χ3n) is 7.48. The van der Waals surface area contributed by atoms with Crippen LogP contribution in [0.2, 0.25) is 0 Å². The van der Waals surface area contributed by atoms with Gasteiger partial charge in [0.05, 0.1) is 31.7 Å². The molecule has 6 nitrogen and oxygen atoms in total. The van der Waals surface area contributed by atoms with Gasteiger partial charge in [0.15, 0.2) is 0 Å². The normalized spacial score (nSPS) is 24.6. The average Bonchev–Trinajstić information content (AvgIpc) is 2.86. The maximum Gasteiger partial charge on any atom is 0.242 e. The Morgan fingerprint density at radius 3 is 2.59 bits per heavy atom. The molecule has 1 aromatic heterocycles. The van der Waals surface area contributed by atoms with Crippen molar-refractivity contribution < 1.29 is 14.7 Å². The summed E-state index contributed by atoms with van der Waals surface area (Å²) in [5, 5.41) is 10.0. The highest BCUT2D eigenvalue weighted by Gasteiger charge is 2.54. The molecule has 2 aromatic rings. The minimum absolute atomic E-state index is 0.000228. The Kier molecular flexibility index (Phi) is 6.64. The second kappa shape index (κ2) is 9.99. The van der Waals surface area contributed by atoms with Gasteiger partial charge >= 0.3 is 0 Å². The van der Waals surface area contributed by atoms with Crippen molar-refractivity contribution in [2.75, 3.05) is 19.7 Å². The molecule has 0 spiro atoms. The molecule has 6 heteroatoms. The van der Waals surface area contributed by atoms with Crippen molar-refractivity contribution in [2.45, 2.75) is 56.5 Å². The number of benzene rings is 1. The third kappa shape index (κ3) is 4.58. The Morgan fingerprint density at radius 1 is 1.09 bits per heavy atom. The maximum atomic E-state index is 12.9. The monoisotopic (exact) mass is 457 g/mol. The maximum absolute atomic E-state index is 12.9. The lowest BCUT2D eigenvalue weighted by molar-refractivity contribution is -0.166. The Hall–Kier alpha value is -3.17. The molecule has 2 saturated heterocycles. The summed E-state index contributed by atoms with van der Waals surface area (Å²) in [6.07, 6.45) is 8.14. The Labute approximate surface area is 201 Å². The SMILES string of the molecule is O=C(Cc1ccccn1)N1CC(=O)N2[C@H](CO)[C@@H](c3ccc(C#CC4CCCCC4)cc3)[C@@H]2C1. The number of rotatable bonds is 4. The van der Waals surface area contributed by atoms with E-state index in [-0.39, 0.29) is 49.4 Å². The fourth-order valence-electron chi connectivity index (χ4n) is 5.68. The van der Waals surface area contributed by atoms with E-state index in [1.807, 2.05) is 30.3 Å². The first-order valence-electron chi connectivity index (χ1n) is 12.4. The molecule has 1 N–H and O–H groups in total.